The van der Waals surface area contributed by atoms with Crippen molar-refractivity contribution in [1.82, 2.24) is 0 Å². The summed E-state index contributed by atoms with van der Waals surface area (Å²) in [5.74, 6) is 0.641. The van der Waals surface area contributed by atoms with Crippen LogP contribution in [0.25, 0.3) is 11.0 Å². The quantitative estimate of drug-likeness (QED) is 0.589. The highest BCUT2D eigenvalue weighted by atomic mass is 16.5. The van der Waals surface area contributed by atoms with Gasteiger partial charge in [-0.3, -0.25) is 4.99 Å². The molecule has 3 rings (SSSR count). The van der Waals surface area contributed by atoms with Crippen molar-refractivity contribution in [2.75, 3.05) is 7.11 Å². The molecule has 0 bridgehead atoms. The molecular weight excluding hydrogens is 306 g/mol. The van der Waals surface area contributed by atoms with E-state index in [0.29, 0.717) is 23.2 Å². The number of benzene rings is 2. The van der Waals surface area contributed by atoms with Gasteiger partial charge in [0.05, 0.1) is 24.8 Å². The van der Waals surface area contributed by atoms with E-state index in [4.69, 9.17) is 9.15 Å². The van der Waals surface area contributed by atoms with E-state index in [1.165, 1.54) is 0 Å². The van der Waals surface area contributed by atoms with Crippen molar-refractivity contribution >= 4 is 16.7 Å². The summed E-state index contributed by atoms with van der Waals surface area (Å²) in [7, 11) is 1.60. The lowest BCUT2D eigenvalue weighted by Gasteiger charge is -2.07. The van der Waals surface area contributed by atoms with Crippen molar-refractivity contribution in [2.24, 2.45) is 4.99 Å². The Balaban J connectivity index is 1.98. The van der Waals surface area contributed by atoms with Crippen molar-refractivity contribution in [2.45, 2.75) is 13.5 Å². The Labute approximate surface area is 138 Å². The zero-order chi connectivity index (χ0) is 17.1. The fourth-order valence-corrected chi connectivity index (χ4v) is 2.51. The molecule has 122 valence electrons. The topological polar surface area (TPSA) is 72.0 Å². The molecule has 1 aromatic heterocycles. The van der Waals surface area contributed by atoms with Crippen LogP contribution in [0.2, 0.25) is 0 Å². The summed E-state index contributed by atoms with van der Waals surface area (Å²) in [6.45, 7) is 2.05. The highest BCUT2D eigenvalue weighted by Gasteiger charge is 2.16. The number of aromatic hydroxyl groups is 1. The van der Waals surface area contributed by atoms with Gasteiger partial charge in [0.2, 0.25) is 0 Å². The largest absolute Gasteiger partial charge is 0.506 e. The van der Waals surface area contributed by atoms with Crippen LogP contribution in [-0.4, -0.2) is 17.9 Å². The van der Waals surface area contributed by atoms with Gasteiger partial charge in [0.15, 0.2) is 0 Å². The second-order valence-corrected chi connectivity index (χ2v) is 5.36. The Morgan fingerprint density at radius 1 is 1.21 bits per heavy atom. The number of rotatable bonds is 4. The Kier molecular flexibility index (Phi) is 4.33. The molecule has 1 N–H and O–H groups in total. The lowest BCUT2D eigenvalue weighted by Crippen LogP contribution is -2.13. The van der Waals surface area contributed by atoms with Crippen molar-refractivity contribution in [1.29, 1.82) is 0 Å². The van der Waals surface area contributed by atoms with E-state index in [0.717, 1.165) is 11.3 Å². The van der Waals surface area contributed by atoms with Crippen LogP contribution >= 0.6 is 0 Å². The standard InChI is InChI=1S/C19H17NO4/c1-12(20-11-13-6-5-7-14(10-13)23-2)17-18(21)15-8-3-4-9-16(15)24-19(17)22/h3-10,21H,11H2,1-2H3. The minimum Gasteiger partial charge on any atom is -0.506 e. The van der Waals surface area contributed by atoms with Crippen LogP contribution in [0.3, 0.4) is 0 Å². The summed E-state index contributed by atoms with van der Waals surface area (Å²) >= 11 is 0. The molecule has 0 unspecified atom stereocenters. The first-order chi connectivity index (χ1) is 11.6. The van der Waals surface area contributed by atoms with Crippen LogP contribution < -0.4 is 10.4 Å². The highest BCUT2D eigenvalue weighted by Crippen LogP contribution is 2.26. The number of methoxy groups -OCH3 is 1. The third-order valence-electron chi connectivity index (χ3n) is 3.78. The Bertz CT molecular complexity index is 973. The summed E-state index contributed by atoms with van der Waals surface area (Å²) in [6, 6.07) is 14.4. The van der Waals surface area contributed by atoms with Crippen molar-refractivity contribution < 1.29 is 14.3 Å². The highest BCUT2D eigenvalue weighted by molar-refractivity contribution is 6.04. The zero-order valence-corrected chi connectivity index (χ0v) is 13.4. The van der Waals surface area contributed by atoms with Gasteiger partial charge in [-0.1, -0.05) is 24.3 Å². The molecule has 0 amide bonds. The van der Waals surface area contributed by atoms with Crippen molar-refractivity contribution in [3.8, 4) is 11.5 Å². The van der Waals surface area contributed by atoms with Crippen LogP contribution in [0.15, 0.2) is 62.7 Å². The molecule has 5 heteroatoms. The van der Waals surface area contributed by atoms with Gasteiger partial charge in [-0.15, -0.1) is 0 Å². The number of hydrogen-bond donors (Lipinski definition) is 1. The van der Waals surface area contributed by atoms with E-state index in [1.54, 1.807) is 38.3 Å². The third-order valence-corrected chi connectivity index (χ3v) is 3.78. The summed E-state index contributed by atoms with van der Waals surface area (Å²) in [5, 5.41) is 10.9. The Morgan fingerprint density at radius 2 is 2.00 bits per heavy atom. The van der Waals surface area contributed by atoms with Gasteiger partial charge < -0.3 is 14.3 Å². The predicted octanol–water partition coefficient (Wildman–Crippen LogP) is 3.52. The molecule has 0 radical (unpaired) electrons. The van der Waals surface area contributed by atoms with Gasteiger partial charge in [-0.2, -0.15) is 0 Å². The predicted molar refractivity (Wildman–Crippen MR) is 93.1 cm³/mol. The molecule has 0 aliphatic rings. The number of hydrogen-bond acceptors (Lipinski definition) is 5. The van der Waals surface area contributed by atoms with Crippen LogP contribution in [0.4, 0.5) is 0 Å². The van der Waals surface area contributed by atoms with E-state index in [-0.39, 0.29) is 11.3 Å². The smallest absolute Gasteiger partial charge is 0.349 e. The fraction of sp³-hybridized carbons (Fsp3) is 0.158. The van der Waals surface area contributed by atoms with Crippen molar-refractivity contribution in [3.63, 3.8) is 0 Å². The second-order valence-electron chi connectivity index (χ2n) is 5.36. The molecule has 0 aliphatic carbocycles. The molecule has 3 aromatic rings. The third kappa shape index (κ3) is 3.01. The molecule has 0 atom stereocenters. The van der Waals surface area contributed by atoms with Gasteiger partial charge >= 0.3 is 5.63 Å². The van der Waals surface area contributed by atoms with Crippen LogP contribution in [0.1, 0.15) is 18.1 Å². The molecule has 0 saturated carbocycles. The summed E-state index contributed by atoms with van der Waals surface area (Å²) in [5.41, 5.74) is 1.22. The maximum atomic E-state index is 12.2. The lowest BCUT2D eigenvalue weighted by molar-refractivity contribution is 0.414. The maximum absolute atomic E-state index is 12.2. The van der Waals surface area contributed by atoms with E-state index in [1.807, 2.05) is 24.3 Å². The monoisotopic (exact) mass is 323 g/mol. The maximum Gasteiger partial charge on any atom is 0.349 e. The van der Waals surface area contributed by atoms with E-state index >= 15 is 0 Å². The van der Waals surface area contributed by atoms with Gasteiger partial charge in [0, 0.05) is 0 Å². The normalized spacial score (nSPS) is 11.7. The number of fused-ring (bicyclic) bond motifs is 1. The fourth-order valence-electron chi connectivity index (χ4n) is 2.51. The molecule has 5 nitrogen and oxygen atoms in total. The molecule has 0 saturated heterocycles. The van der Waals surface area contributed by atoms with Crippen LogP contribution in [0.5, 0.6) is 11.5 Å². The SMILES string of the molecule is COc1cccc(CN=C(C)c2c(O)c3ccccc3oc2=O)c1. The second kappa shape index (κ2) is 6.58. The summed E-state index contributed by atoms with van der Waals surface area (Å²) < 4.78 is 10.4. The van der Waals surface area contributed by atoms with Gasteiger partial charge in [-0.05, 0) is 36.8 Å². The molecule has 0 aliphatic heterocycles. The van der Waals surface area contributed by atoms with Gasteiger partial charge in [0.25, 0.3) is 0 Å². The number of para-hydroxylation sites is 1. The molecule has 1 heterocycles. The molecule has 0 fully saturated rings. The number of aliphatic imine (C=N–C) groups is 1. The van der Waals surface area contributed by atoms with E-state index in [9.17, 15) is 9.90 Å². The van der Waals surface area contributed by atoms with Crippen molar-refractivity contribution in [3.05, 3.63) is 70.1 Å². The molecule has 24 heavy (non-hydrogen) atoms. The van der Waals surface area contributed by atoms with Crippen LogP contribution in [0, 0.1) is 0 Å². The first-order valence-electron chi connectivity index (χ1n) is 7.49. The average molecular weight is 323 g/mol. The lowest BCUT2D eigenvalue weighted by atomic mass is 10.1. The summed E-state index contributed by atoms with van der Waals surface area (Å²) in [6.07, 6.45) is 0. The van der Waals surface area contributed by atoms with Gasteiger partial charge in [-0.25, -0.2) is 4.79 Å². The van der Waals surface area contributed by atoms with E-state index < -0.39 is 5.63 Å². The Morgan fingerprint density at radius 3 is 2.79 bits per heavy atom. The summed E-state index contributed by atoms with van der Waals surface area (Å²) in [4.78, 5) is 16.6. The Hall–Kier alpha value is -3.08. The van der Waals surface area contributed by atoms with E-state index in [2.05, 4.69) is 4.99 Å². The zero-order valence-electron chi connectivity index (χ0n) is 13.4. The number of nitrogens with zero attached hydrogens (tertiary/aromatic N) is 1. The first kappa shape index (κ1) is 15.8. The van der Waals surface area contributed by atoms with Gasteiger partial charge in [0.1, 0.15) is 22.6 Å². The minimum atomic E-state index is -0.599. The molecule has 2 aromatic carbocycles. The molecular formula is C19H17NO4. The van der Waals surface area contributed by atoms with Crippen LogP contribution in [-0.2, 0) is 6.54 Å². The first-order valence-corrected chi connectivity index (χ1v) is 7.49. The average Bonchev–Trinajstić information content (AvgIpc) is 2.60. The molecule has 0 spiro atoms. The number of ether oxygens (including phenoxy) is 1. The minimum absolute atomic E-state index is 0.0941.